The van der Waals surface area contributed by atoms with Crippen molar-refractivity contribution in [3.05, 3.63) is 84.8 Å². The van der Waals surface area contributed by atoms with Gasteiger partial charge in [0.2, 0.25) is 0 Å². The molecule has 0 aliphatic heterocycles. The molecule has 0 radical (unpaired) electrons. The largest absolute Gasteiger partial charge is 0.324 e. The summed E-state index contributed by atoms with van der Waals surface area (Å²) in [6.45, 7) is 0. The Morgan fingerprint density at radius 3 is 2.48 bits per heavy atom. The molecule has 0 fully saturated rings. The van der Waals surface area contributed by atoms with Crippen LogP contribution in [0.5, 0.6) is 0 Å². The number of aromatic nitrogens is 2. The summed E-state index contributed by atoms with van der Waals surface area (Å²) < 4.78 is 1.83. The van der Waals surface area contributed by atoms with Gasteiger partial charge in [-0.05, 0) is 42.0 Å². The van der Waals surface area contributed by atoms with E-state index in [1.807, 2.05) is 46.9 Å². The van der Waals surface area contributed by atoms with Crippen molar-refractivity contribution >= 4 is 23.1 Å². The summed E-state index contributed by atoms with van der Waals surface area (Å²) in [5.41, 5.74) is 3.89. The first-order valence-electron chi connectivity index (χ1n) is 8.33. The smallest absolute Gasteiger partial charge is 0.308 e. The Labute approximate surface area is 155 Å². The molecule has 6 nitrogen and oxygen atoms in total. The van der Waals surface area contributed by atoms with Crippen molar-refractivity contribution in [2.24, 2.45) is 0 Å². The average Bonchev–Trinajstić information content (AvgIpc) is 3.19. The lowest BCUT2D eigenvalue weighted by Gasteiger charge is -2.14. The van der Waals surface area contributed by atoms with Gasteiger partial charge in [0.1, 0.15) is 12.1 Å². The number of nitrogens with one attached hydrogen (secondary N) is 2. The zero-order chi connectivity index (χ0) is 18.6. The second-order valence-corrected chi connectivity index (χ2v) is 5.92. The van der Waals surface area contributed by atoms with Crippen LogP contribution < -0.4 is 10.6 Å². The Morgan fingerprint density at radius 1 is 0.963 bits per heavy atom. The number of rotatable bonds is 3. The van der Waals surface area contributed by atoms with Crippen LogP contribution in [-0.4, -0.2) is 15.4 Å². The molecule has 4 aromatic rings. The van der Waals surface area contributed by atoms with E-state index in [1.165, 1.54) is 0 Å². The predicted molar refractivity (Wildman–Crippen MR) is 104 cm³/mol. The van der Waals surface area contributed by atoms with E-state index in [4.69, 9.17) is 5.26 Å². The fraction of sp³-hybridized carbons (Fsp3) is 0. The van der Waals surface area contributed by atoms with Crippen LogP contribution in [0.3, 0.4) is 0 Å². The number of carbonyl (C=O) groups is 1. The Bertz CT molecular complexity index is 1140. The van der Waals surface area contributed by atoms with Crippen LogP contribution >= 0.6 is 0 Å². The number of nitrogens with zero attached hydrogens (tertiary/aromatic N) is 3. The molecule has 0 unspecified atom stereocenters. The molecule has 6 heteroatoms. The summed E-state index contributed by atoms with van der Waals surface area (Å²) in [6.07, 6.45) is 3.40. The minimum Gasteiger partial charge on any atom is -0.308 e. The number of hydrogen-bond donors (Lipinski definition) is 2. The number of imidazole rings is 1. The van der Waals surface area contributed by atoms with E-state index in [-0.39, 0.29) is 6.03 Å². The second kappa shape index (κ2) is 7.02. The lowest BCUT2D eigenvalue weighted by Crippen LogP contribution is -2.21. The van der Waals surface area contributed by atoms with Gasteiger partial charge in [-0.1, -0.05) is 30.3 Å². The average molecular weight is 353 g/mol. The maximum atomic E-state index is 12.6. The lowest BCUT2D eigenvalue weighted by atomic mass is 10.1. The molecule has 2 aromatic carbocycles. The molecule has 0 aliphatic rings. The molecule has 0 saturated carbocycles. The van der Waals surface area contributed by atoms with Crippen LogP contribution in [0.15, 0.2) is 79.3 Å². The van der Waals surface area contributed by atoms with E-state index in [0.717, 1.165) is 16.6 Å². The zero-order valence-electron chi connectivity index (χ0n) is 14.3. The number of carbonyl (C=O) groups excluding carboxylic acids is 1. The number of urea groups is 1. The maximum absolute atomic E-state index is 12.6. The third-order valence-corrected chi connectivity index (χ3v) is 4.17. The Kier molecular flexibility index (Phi) is 4.25. The number of amides is 2. The van der Waals surface area contributed by atoms with Crippen LogP contribution in [0.4, 0.5) is 16.3 Å². The molecule has 0 aliphatic carbocycles. The summed E-state index contributed by atoms with van der Waals surface area (Å²) in [6, 6.07) is 22.1. The monoisotopic (exact) mass is 353 g/mol. The molecule has 2 heterocycles. The van der Waals surface area contributed by atoms with Crippen molar-refractivity contribution in [2.45, 2.75) is 0 Å². The minimum atomic E-state index is -0.377. The van der Waals surface area contributed by atoms with Crippen molar-refractivity contribution in [1.82, 2.24) is 9.38 Å². The number of benzene rings is 2. The normalized spacial score (nSPS) is 10.3. The highest BCUT2D eigenvalue weighted by Gasteiger charge is 2.13. The summed E-state index contributed by atoms with van der Waals surface area (Å²) in [4.78, 5) is 16.7. The standard InChI is InChI=1S/C21H15N5O/c22-12-15-6-8-17(9-7-15)24-21(27)25-20-19(16-4-2-1-3-5-16)11-10-18-13-23-14-26(18)20/h1-11,13-14H,(H2,24,25,27). The first-order chi connectivity index (χ1) is 13.2. The number of pyridine rings is 1. The molecule has 2 amide bonds. The van der Waals surface area contributed by atoms with Gasteiger partial charge in [0, 0.05) is 11.3 Å². The molecule has 2 N–H and O–H groups in total. The van der Waals surface area contributed by atoms with Gasteiger partial charge in [-0.3, -0.25) is 9.72 Å². The van der Waals surface area contributed by atoms with Gasteiger partial charge in [-0.25, -0.2) is 9.78 Å². The quantitative estimate of drug-likeness (QED) is 0.568. The highest BCUT2D eigenvalue weighted by atomic mass is 16.2. The molecular weight excluding hydrogens is 338 g/mol. The molecule has 130 valence electrons. The Balaban J connectivity index is 1.66. The van der Waals surface area contributed by atoms with Crippen LogP contribution in [0.2, 0.25) is 0 Å². The van der Waals surface area contributed by atoms with Crippen molar-refractivity contribution < 1.29 is 4.79 Å². The number of fused-ring (bicyclic) bond motifs is 1. The van der Waals surface area contributed by atoms with Crippen LogP contribution in [0.25, 0.3) is 16.6 Å². The Hall–Kier alpha value is -4.11. The first-order valence-corrected chi connectivity index (χ1v) is 8.33. The van der Waals surface area contributed by atoms with Crippen LogP contribution in [-0.2, 0) is 0 Å². The number of hydrogen-bond acceptors (Lipinski definition) is 3. The van der Waals surface area contributed by atoms with Gasteiger partial charge >= 0.3 is 6.03 Å². The SMILES string of the molecule is N#Cc1ccc(NC(=O)Nc2c(-c3ccccc3)ccc3cncn23)cc1. The molecule has 4 rings (SSSR count). The summed E-state index contributed by atoms with van der Waals surface area (Å²) in [5.74, 6) is 0.627. The second-order valence-electron chi connectivity index (χ2n) is 5.92. The summed E-state index contributed by atoms with van der Waals surface area (Å²) >= 11 is 0. The molecule has 27 heavy (non-hydrogen) atoms. The van der Waals surface area contributed by atoms with Crippen molar-refractivity contribution in [1.29, 1.82) is 5.26 Å². The number of nitriles is 1. The van der Waals surface area contributed by atoms with E-state index < -0.39 is 0 Å². The van der Waals surface area contributed by atoms with Crippen LogP contribution in [0.1, 0.15) is 5.56 Å². The predicted octanol–water partition coefficient (Wildman–Crippen LogP) is 4.52. The van der Waals surface area contributed by atoms with Gasteiger partial charge in [0.05, 0.1) is 23.3 Å². The molecule has 0 atom stereocenters. The van der Waals surface area contributed by atoms with Gasteiger partial charge in [0.25, 0.3) is 0 Å². The summed E-state index contributed by atoms with van der Waals surface area (Å²) in [7, 11) is 0. The maximum Gasteiger partial charge on any atom is 0.324 e. The highest BCUT2D eigenvalue weighted by Crippen LogP contribution is 2.29. The molecule has 0 bridgehead atoms. The molecule has 0 spiro atoms. The molecular formula is C21H15N5O. The van der Waals surface area contributed by atoms with E-state index in [1.54, 1.807) is 36.8 Å². The topological polar surface area (TPSA) is 82.2 Å². The van der Waals surface area contributed by atoms with Crippen molar-refractivity contribution in [2.75, 3.05) is 10.6 Å². The van der Waals surface area contributed by atoms with Crippen LogP contribution in [0, 0.1) is 11.3 Å². The highest BCUT2D eigenvalue weighted by molar-refractivity contribution is 6.02. The van der Waals surface area contributed by atoms with Gasteiger partial charge in [-0.2, -0.15) is 5.26 Å². The third kappa shape index (κ3) is 3.34. The van der Waals surface area contributed by atoms with Gasteiger partial charge in [0.15, 0.2) is 0 Å². The summed E-state index contributed by atoms with van der Waals surface area (Å²) in [5, 5.41) is 14.6. The zero-order valence-corrected chi connectivity index (χ0v) is 14.3. The fourth-order valence-corrected chi connectivity index (χ4v) is 2.87. The van der Waals surface area contributed by atoms with E-state index in [2.05, 4.69) is 21.7 Å². The van der Waals surface area contributed by atoms with E-state index >= 15 is 0 Å². The van der Waals surface area contributed by atoms with Crippen molar-refractivity contribution in [3.8, 4) is 17.2 Å². The van der Waals surface area contributed by atoms with E-state index in [0.29, 0.717) is 17.1 Å². The third-order valence-electron chi connectivity index (χ3n) is 4.17. The van der Waals surface area contributed by atoms with Crippen molar-refractivity contribution in [3.63, 3.8) is 0 Å². The minimum absolute atomic E-state index is 0.377. The van der Waals surface area contributed by atoms with Gasteiger partial charge in [-0.15, -0.1) is 0 Å². The first kappa shape index (κ1) is 16.4. The number of anilines is 2. The fourth-order valence-electron chi connectivity index (χ4n) is 2.87. The molecule has 2 aromatic heterocycles. The van der Waals surface area contributed by atoms with Gasteiger partial charge < -0.3 is 5.32 Å². The van der Waals surface area contributed by atoms with E-state index in [9.17, 15) is 4.79 Å². The lowest BCUT2D eigenvalue weighted by molar-refractivity contribution is 0.262. The molecule has 0 saturated heterocycles. The Morgan fingerprint density at radius 2 is 1.74 bits per heavy atom.